The maximum atomic E-state index is 12.0. The van der Waals surface area contributed by atoms with Crippen LogP contribution in [0.25, 0.3) is 0 Å². The molecule has 1 aliphatic rings. The molecule has 3 N–H and O–H groups in total. The van der Waals surface area contributed by atoms with Gasteiger partial charge in [-0.25, -0.2) is 4.98 Å². The minimum Gasteiger partial charge on any atom is -0.336 e. The second kappa shape index (κ2) is 5.27. The first-order chi connectivity index (χ1) is 8.20. The van der Waals surface area contributed by atoms with Crippen LogP contribution >= 0.6 is 0 Å². The molecular formula is C11H19N5O. The number of H-pyrrole nitrogens is 1. The van der Waals surface area contributed by atoms with Gasteiger partial charge in [0.05, 0.1) is 0 Å². The van der Waals surface area contributed by atoms with E-state index >= 15 is 0 Å². The van der Waals surface area contributed by atoms with Gasteiger partial charge in [-0.05, 0) is 38.6 Å². The van der Waals surface area contributed by atoms with E-state index in [1.165, 1.54) is 0 Å². The number of rotatable bonds is 3. The van der Waals surface area contributed by atoms with Crippen molar-refractivity contribution in [2.45, 2.75) is 26.2 Å². The third kappa shape index (κ3) is 2.82. The molecule has 94 valence electrons. The molecule has 1 aromatic rings. The Kier molecular flexibility index (Phi) is 3.73. The summed E-state index contributed by atoms with van der Waals surface area (Å²) in [7, 11) is 0. The van der Waals surface area contributed by atoms with Crippen molar-refractivity contribution in [3.8, 4) is 0 Å². The molecule has 1 aliphatic heterocycles. The first kappa shape index (κ1) is 12.0. The molecule has 0 bridgehead atoms. The number of aromatic amines is 1. The molecule has 6 nitrogen and oxygen atoms in total. The third-order valence-corrected chi connectivity index (χ3v) is 3.27. The number of hydrogen-bond acceptors (Lipinski definition) is 4. The zero-order valence-corrected chi connectivity index (χ0v) is 10.1. The normalized spacial score (nSPS) is 17.4. The molecule has 0 saturated carbocycles. The number of aryl methyl sites for hydroxylation is 1. The molecule has 1 saturated heterocycles. The monoisotopic (exact) mass is 237 g/mol. The van der Waals surface area contributed by atoms with Crippen LogP contribution in [0.15, 0.2) is 0 Å². The maximum Gasteiger partial charge on any atom is 0.293 e. The summed E-state index contributed by atoms with van der Waals surface area (Å²) in [5.74, 6) is 1.55. The first-order valence-corrected chi connectivity index (χ1v) is 6.09. The SMILES string of the molecule is Cc1nc(C(=O)N2CCC(CCN)CC2)n[nH]1. The topological polar surface area (TPSA) is 87.9 Å². The zero-order chi connectivity index (χ0) is 12.3. The van der Waals surface area contributed by atoms with Crippen LogP contribution in [-0.4, -0.2) is 45.6 Å². The first-order valence-electron chi connectivity index (χ1n) is 6.09. The molecule has 0 aliphatic carbocycles. The van der Waals surface area contributed by atoms with Crippen molar-refractivity contribution >= 4 is 5.91 Å². The van der Waals surface area contributed by atoms with Gasteiger partial charge >= 0.3 is 0 Å². The van der Waals surface area contributed by atoms with Crippen LogP contribution in [0.1, 0.15) is 35.7 Å². The quantitative estimate of drug-likeness (QED) is 0.792. The number of carbonyl (C=O) groups excluding carboxylic acids is 1. The minimum atomic E-state index is -0.0689. The molecule has 1 aromatic heterocycles. The summed E-state index contributed by atoms with van der Waals surface area (Å²) in [6.07, 6.45) is 3.13. The van der Waals surface area contributed by atoms with E-state index in [4.69, 9.17) is 5.73 Å². The summed E-state index contributed by atoms with van der Waals surface area (Å²) in [4.78, 5) is 17.9. The lowest BCUT2D eigenvalue weighted by Gasteiger charge is -2.31. The van der Waals surface area contributed by atoms with Gasteiger partial charge in [0, 0.05) is 13.1 Å². The van der Waals surface area contributed by atoms with Gasteiger partial charge in [0.1, 0.15) is 5.82 Å². The van der Waals surface area contributed by atoms with Crippen molar-refractivity contribution in [1.29, 1.82) is 0 Å². The summed E-state index contributed by atoms with van der Waals surface area (Å²) in [6.45, 7) is 4.10. The number of nitrogens with two attached hydrogens (primary N) is 1. The van der Waals surface area contributed by atoms with Gasteiger partial charge in [-0.3, -0.25) is 9.89 Å². The average Bonchev–Trinajstić information content (AvgIpc) is 2.76. The molecule has 0 unspecified atom stereocenters. The average molecular weight is 237 g/mol. The van der Waals surface area contributed by atoms with Gasteiger partial charge in [0.15, 0.2) is 0 Å². The lowest BCUT2D eigenvalue weighted by atomic mass is 9.93. The maximum absolute atomic E-state index is 12.0. The Bertz CT molecular complexity index is 381. The fourth-order valence-electron chi connectivity index (χ4n) is 2.24. The summed E-state index contributed by atoms with van der Waals surface area (Å²) < 4.78 is 0. The fourth-order valence-corrected chi connectivity index (χ4v) is 2.24. The van der Waals surface area contributed by atoms with Crippen molar-refractivity contribution in [3.63, 3.8) is 0 Å². The molecule has 1 amide bonds. The largest absolute Gasteiger partial charge is 0.336 e. The highest BCUT2D eigenvalue weighted by atomic mass is 16.2. The predicted octanol–water partition coefficient (Wildman–Crippen LogP) is 0.314. The molecule has 0 aromatic carbocycles. The lowest BCUT2D eigenvalue weighted by molar-refractivity contribution is 0.0676. The van der Waals surface area contributed by atoms with E-state index in [-0.39, 0.29) is 11.7 Å². The van der Waals surface area contributed by atoms with E-state index < -0.39 is 0 Å². The highest BCUT2D eigenvalue weighted by Gasteiger charge is 2.25. The molecule has 6 heteroatoms. The highest BCUT2D eigenvalue weighted by molar-refractivity contribution is 5.90. The molecule has 2 heterocycles. The van der Waals surface area contributed by atoms with Crippen LogP contribution in [0.2, 0.25) is 0 Å². The molecule has 0 atom stereocenters. The number of nitrogens with one attached hydrogen (secondary N) is 1. The Balaban J connectivity index is 1.90. The van der Waals surface area contributed by atoms with E-state index in [2.05, 4.69) is 15.2 Å². The van der Waals surface area contributed by atoms with Crippen LogP contribution in [-0.2, 0) is 0 Å². The van der Waals surface area contributed by atoms with Gasteiger partial charge in [-0.2, -0.15) is 0 Å². The van der Waals surface area contributed by atoms with Crippen molar-refractivity contribution < 1.29 is 4.79 Å². The Labute approximate surface area is 101 Å². The van der Waals surface area contributed by atoms with Gasteiger partial charge in [-0.1, -0.05) is 0 Å². The van der Waals surface area contributed by atoms with Gasteiger partial charge < -0.3 is 10.6 Å². The Hall–Kier alpha value is -1.43. The van der Waals surface area contributed by atoms with Crippen molar-refractivity contribution in [3.05, 3.63) is 11.6 Å². The van der Waals surface area contributed by atoms with E-state index in [1.54, 1.807) is 6.92 Å². The smallest absolute Gasteiger partial charge is 0.293 e. The Morgan fingerprint density at radius 2 is 2.24 bits per heavy atom. The van der Waals surface area contributed by atoms with Crippen molar-refractivity contribution in [2.75, 3.05) is 19.6 Å². The van der Waals surface area contributed by atoms with Crippen LogP contribution in [0.5, 0.6) is 0 Å². The summed E-state index contributed by atoms with van der Waals surface area (Å²) in [5.41, 5.74) is 5.54. The summed E-state index contributed by atoms with van der Waals surface area (Å²) in [5, 5.41) is 6.59. The molecule has 0 spiro atoms. The lowest BCUT2D eigenvalue weighted by Crippen LogP contribution is -2.39. The van der Waals surface area contributed by atoms with Gasteiger partial charge in [0.2, 0.25) is 5.82 Å². The molecule has 1 fully saturated rings. The van der Waals surface area contributed by atoms with Crippen LogP contribution in [0, 0.1) is 12.8 Å². The van der Waals surface area contributed by atoms with Crippen molar-refractivity contribution in [1.82, 2.24) is 20.1 Å². The standard InChI is InChI=1S/C11H19N5O/c1-8-13-10(15-14-8)11(17)16-6-3-9(2-5-12)4-7-16/h9H,2-7,12H2,1H3,(H,13,14,15). The van der Waals surface area contributed by atoms with E-state index in [0.29, 0.717) is 11.7 Å². The molecular weight excluding hydrogens is 218 g/mol. The van der Waals surface area contributed by atoms with Gasteiger partial charge in [-0.15, -0.1) is 5.10 Å². The number of nitrogens with zero attached hydrogens (tertiary/aromatic N) is 3. The summed E-state index contributed by atoms with van der Waals surface area (Å²) in [6, 6.07) is 0. The Morgan fingerprint density at radius 3 is 2.76 bits per heavy atom. The predicted molar refractivity (Wildman–Crippen MR) is 63.4 cm³/mol. The zero-order valence-electron chi connectivity index (χ0n) is 10.1. The van der Waals surface area contributed by atoms with Gasteiger partial charge in [0.25, 0.3) is 5.91 Å². The van der Waals surface area contributed by atoms with Crippen LogP contribution < -0.4 is 5.73 Å². The fraction of sp³-hybridized carbons (Fsp3) is 0.727. The Morgan fingerprint density at radius 1 is 1.53 bits per heavy atom. The number of carbonyl (C=O) groups is 1. The van der Waals surface area contributed by atoms with E-state index in [0.717, 1.165) is 38.9 Å². The molecule has 17 heavy (non-hydrogen) atoms. The number of aromatic nitrogens is 3. The number of hydrogen-bond donors (Lipinski definition) is 2. The molecule has 0 radical (unpaired) electrons. The van der Waals surface area contributed by atoms with Crippen LogP contribution in [0.3, 0.4) is 0 Å². The van der Waals surface area contributed by atoms with E-state index in [1.807, 2.05) is 4.90 Å². The van der Waals surface area contributed by atoms with Crippen molar-refractivity contribution in [2.24, 2.45) is 11.7 Å². The highest BCUT2D eigenvalue weighted by Crippen LogP contribution is 2.20. The molecule has 2 rings (SSSR count). The number of piperidine rings is 1. The minimum absolute atomic E-state index is 0.0689. The third-order valence-electron chi connectivity index (χ3n) is 3.27. The summed E-state index contributed by atoms with van der Waals surface area (Å²) >= 11 is 0. The van der Waals surface area contributed by atoms with E-state index in [9.17, 15) is 4.79 Å². The number of amides is 1. The second-order valence-corrected chi connectivity index (χ2v) is 4.56. The second-order valence-electron chi connectivity index (χ2n) is 4.56. The number of likely N-dealkylation sites (tertiary alicyclic amines) is 1. The van der Waals surface area contributed by atoms with Crippen LogP contribution in [0.4, 0.5) is 0 Å².